The number of methoxy groups -OCH3 is 2. The molecule has 0 bridgehead atoms. The summed E-state index contributed by atoms with van der Waals surface area (Å²) in [4.78, 5) is 61.7. The zero-order chi connectivity index (χ0) is 46.2. The van der Waals surface area contributed by atoms with E-state index in [1.165, 1.54) is 17.7 Å². The summed E-state index contributed by atoms with van der Waals surface area (Å²) in [6.45, 7) is 8.62. The van der Waals surface area contributed by atoms with E-state index in [-0.39, 0.29) is 54.0 Å². The van der Waals surface area contributed by atoms with Crippen molar-refractivity contribution in [2.45, 2.75) is 90.8 Å². The Kier molecular flexibility index (Phi) is 24.0. The SMILES string of the molecule is COc1ccc(NC(=O)/C=C/[C@H](CCc2ccccc2)CC(=O)[C@H](C)N)cc1.COc1ccc(NC(=O)/C=C/[C@H](CCc2ccccc2)CC(=O)[C@H](C)NC(=O)OC(C)(C)C)cc1.Cl. The quantitative estimate of drug-likeness (QED) is 0.0594. The largest absolute Gasteiger partial charge is 0.497 e. The highest BCUT2D eigenvalue weighted by Crippen LogP contribution is 2.20. The molecular weight excluding hydrogens is 832 g/mol. The van der Waals surface area contributed by atoms with Gasteiger partial charge in [0, 0.05) is 24.2 Å². The highest BCUT2D eigenvalue weighted by atomic mass is 35.5. The van der Waals surface area contributed by atoms with Gasteiger partial charge >= 0.3 is 6.09 Å². The van der Waals surface area contributed by atoms with Crippen LogP contribution in [0.1, 0.15) is 71.4 Å². The van der Waals surface area contributed by atoms with E-state index in [1.54, 1.807) is 103 Å². The number of nitrogens with one attached hydrogen (secondary N) is 3. The number of amides is 3. The number of alkyl carbamates (subject to hydrolysis) is 1. The van der Waals surface area contributed by atoms with Gasteiger partial charge in [0.25, 0.3) is 0 Å². The molecule has 344 valence electrons. The summed E-state index contributed by atoms with van der Waals surface area (Å²) in [7, 11) is 3.17. The smallest absolute Gasteiger partial charge is 0.408 e. The summed E-state index contributed by atoms with van der Waals surface area (Å²) < 4.78 is 15.5. The Morgan fingerprint density at radius 1 is 0.609 bits per heavy atom. The number of halogens is 1. The van der Waals surface area contributed by atoms with Gasteiger partial charge in [0.1, 0.15) is 22.9 Å². The normalized spacial score (nSPS) is 12.9. The van der Waals surface area contributed by atoms with Crippen LogP contribution in [0.4, 0.5) is 16.2 Å². The van der Waals surface area contributed by atoms with Crippen molar-refractivity contribution in [3.63, 3.8) is 0 Å². The molecular formula is C51H65ClN4O8. The Bertz CT molecular complexity index is 2090. The summed E-state index contributed by atoms with van der Waals surface area (Å²) in [5.74, 6) is 0.561. The first-order chi connectivity index (χ1) is 30.0. The minimum Gasteiger partial charge on any atom is -0.497 e. The molecule has 0 aliphatic carbocycles. The van der Waals surface area contributed by atoms with Crippen LogP contribution in [0.25, 0.3) is 0 Å². The van der Waals surface area contributed by atoms with Gasteiger partial charge in [-0.05, 0) is 144 Å². The molecule has 0 heterocycles. The molecule has 12 nitrogen and oxygen atoms in total. The molecule has 5 N–H and O–H groups in total. The van der Waals surface area contributed by atoms with E-state index >= 15 is 0 Å². The molecule has 0 unspecified atom stereocenters. The third-order valence-electron chi connectivity index (χ3n) is 9.70. The van der Waals surface area contributed by atoms with E-state index in [9.17, 15) is 24.0 Å². The third kappa shape index (κ3) is 22.2. The molecule has 4 aromatic carbocycles. The van der Waals surface area contributed by atoms with Crippen molar-refractivity contribution in [1.29, 1.82) is 0 Å². The fourth-order valence-corrected chi connectivity index (χ4v) is 6.13. The van der Waals surface area contributed by atoms with Crippen LogP contribution in [0, 0.1) is 11.8 Å². The van der Waals surface area contributed by atoms with Gasteiger partial charge < -0.3 is 35.9 Å². The van der Waals surface area contributed by atoms with Crippen molar-refractivity contribution >= 4 is 53.3 Å². The summed E-state index contributed by atoms with van der Waals surface area (Å²) in [6.07, 6.45) is 9.46. The first kappa shape index (κ1) is 53.9. The number of aryl methyl sites for hydroxylation is 2. The van der Waals surface area contributed by atoms with Crippen molar-refractivity contribution < 1.29 is 38.2 Å². The molecule has 0 saturated carbocycles. The number of ether oxygens (including phenoxy) is 3. The van der Waals surface area contributed by atoms with Crippen LogP contribution in [0.3, 0.4) is 0 Å². The molecule has 0 aliphatic rings. The highest BCUT2D eigenvalue weighted by molar-refractivity contribution is 6.00. The van der Waals surface area contributed by atoms with E-state index in [0.29, 0.717) is 30.0 Å². The molecule has 3 amide bonds. The lowest BCUT2D eigenvalue weighted by atomic mass is 9.92. The van der Waals surface area contributed by atoms with Gasteiger partial charge in [-0.15, -0.1) is 12.4 Å². The van der Waals surface area contributed by atoms with Crippen molar-refractivity contribution in [1.82, 2.24) is 5.32 Å². The highest BCUT2D eigenvalue weighted by Gasteiger charge is 2.23. The molecule has 13 heteroatoms. The van der Waals surface area contributed by atoms with Crippen LogP contribution in [0.15, 0.2) is 133 Å². The van der Waals surface area contributed by atoms with E-state index < -0.39 is 23.8 Å². The number of rotatable bonds is 21. The molecule has 0 spiro atoms. The van der Waals surface area contributed by atoms with Crippen LogP contribution < -0.4 is 31.2 Å². The van der Waals surface area contributed by atoms with E-state index in [0.717, 1.165) is 30.6 Å². The Morgan fingerprint density at radius 3 is 1.36 bits per heavy atom. The Morgan fingerprint density at radius 2 is 1.00 bits per heavy atom. The Hall–Kier alpha value is -6.24. The number of hydrogen-bond donors (Lipinski definition) is 4. The van der Waals surface area contributed by atoms with Crippen molar-refractivity contribution in [3.8, 4) is 11.5 Å². The van der Waals surface area contributed by atoms with Crippen molar-refractivity contribution in [2.24, 2.45) is 17.6 Å². The van der Waals surface area contributed by atoms with Gasteiger partial charge in [-0.2, -0.15) is 0 Å². The van der Waals surface area contributed by atoms with E-state index in [2.05, 4.69) is 28.1 Å². The fourth-order valence-electron chi connectivity index (χ4n) is 6.13. The second kappa shape index (κ2) is 28.4. The van der Waals surface area contributed by atoms with Crippen LogP contribution >= 0.6 is 12.4 Å². The average Bonchev–Trinajstić information content (AvgIpc) is 3.26. The number of carbonyl (C=O) groups is 5. The predicted octanol–water partition coefficient (Wildman–Crippen LogP) is 9.48. The lowest BCUT2D eigenvalue weighted by Crippen LogP contribution is -2.42. The first-order valence-corrected chi connectivity index (χ1v) is 21.2. The van der Waals surface area contributed by atoms with Gasteiger partial charge in [-0.1, -0.05) is 72.8 Å². The molecule has 0 aromatic heterocycles. The monoisotopic (exact) mass is 896 g/mol. The zero-order valence-electron chi connectivity index (χ0n) is 38.0. The van der Waals surface area contributed by atoms with Crippen molar-refractivity contribution in [2.75, 3.05) is 24.9 Å². The number of carbonyl (C=O) groups excluding carboxylic acids is 5. The maximum Gasteiger partial charge on any atom is 0.408 e. The van der Waals surface area contributed by atoms with Gasteiger partial charge in [0.05, 0.1) is 26.3 Å². The third-order valence-corrected chi connectivity index (χ3v) is 9.70. The zero-order valence-corrected chi connectivity index (χ0v) is 38.8. The Balaban J connectivity index is 0.000000444. The molecule has 4 rings (SSSR count). The maximum absolute atomic E-state index is 12.8. The van der Waals surface area contributed by atoms with Gasteiger partial charge in [-0.3, -0.25) is 19.2 Å². The summed E-state index contributed by atoms with van der Waals surface area (Å²) >= 11 is 0. The van der Waals surface area contributed by atoms with Gasteiger partial charge in [0.15, 0.2) is 5.78 Å². The molecule has 0 radical (unpaired) electrons. The van der Waals surface area contributed by atoms with Crippen LogP contribution in [0.5, 0.6) is 11.5 Å². The molecule has 64 heavy (non-hydrogen) atoms. The average molecular weight is 898 g/mol. The van der Waals surface area contributed by atoms with Crippen LogP contribution in [-0.4, -0.2) is 61.4 Å². The minimum absolute atomic E-state index is 0. The molecule has 0 fully saturated rings. The van der Waals surface area contributed by atoms with Crippen LogP contribution in [0.2, 0.25) is 0 Å². The number of Topliss-reactive ketones (excluding diaryl/α,β-unsaturated/α-hetero) is 2. The standard InChI is InChI=1S/C28H36N2O5.C23H28N2O3.ClH/c1-20(29-27(33)35-28(2,3)4)25(31)19-22(12-11-21-9-7-6-8-10-21)13-18-26(32)30-23-14-16-24(34-5)17-15-23;1-17(24)22(26)16-19(9-8-18-6-4-3-5-7-18)10-15-23(27)25-20-11-13-21(28-2)14-12-20;/h6-10,13-18,20,22H,11-12,19H2,1-5H3,(H,29,33)(H,30,32);3-7,10-15,17,19H,8-9,16,24H2,1-2H3,(H,25,27);1H/b18-13+;15-10+;/t20-,22-;17-,19-;/m00./s1. The first-order valence-electron chi connectivity index (χ1n) is 21.2. The molecule has 4 aromatic rings. The summed E-state index contributed by atoms with van der Waals surface area (Å²) in [6, 6.07) is 33.0. The molecule has 0 saturated heterocycles. The minimum atomic E-state index is -0.703. The van der Waals surface area contributed by atoms with Crippen LogP contribution in [-0.2, 0) is 36.8 Å². The predicted molar refractivity (Wildman–Crippen MR) is 257 cm³/mol. The second-order valence-electron chi connectivity index (χ2n) is 16.2. The number of benzene rings is 4. The van der Waals surface area contributed by atoms with Gasteiger partial charge in [0.2, 0.25) is 11.8 Å². The lowest BCUT2D eigenvalue weighted by molar-refractivity contribution is -0.121. The Labute approximate surface area is 384 Å². The van der Waals surface area contributed by atoms with E-state index in [4.69, 9.17) is 19.9 Å². The number of allylic oxidation sites excluding steroid dienone is 2. The number of ketones is 2. The van der Waals surface area contributed by atoms with Crippen molar-refractivity contribution in [3.05, 3.63) is 145 Å². The maximum atomic E-state index is 12.8. The topological polar surface area (TPSA) is 175 Å². The lowest BCUT2D eigenvalue weighted by Gasteiger charge is -2.22. The number of hydrogen-bond acceptors (Lipinski definition) is 9. The molecule has 4 atom stereocenters. The summed E-state index contributed by atoms with van der Waals surface area (Å²) in [5.41, 5.74) is 8.75. The number of nitrogens with two attached hydrogens (primary N) is 1. The van der Waals surface area contributed by atoms with Gasteiger partial charge in [-0.25, -0.2) is 4.79 Å². The summed E-state index contributed by atoms with van der Waals surface area (Å²) in [5, 5.41) is 8.21. The van der Waals surface area contributed by atoms with E-state index in [1.807, 2.05) is 54.6 Å². The number of anilines is 2. The second-order valence-corrected chi connectivity index (χ2v) is 16.2. The molecule has 0 aliphatic heterocycles. The fraction of sp³-hybridized carbons (Fsp3) is 0.353.